The van der Waals surface area contributed by atoms with E-state index in [1.54, 1.807) is 0 Å². The monoisotopic (exact) mass is 261 g/mol. The van der Waals surface area contributed by atoms with Gasteiger partial charge in [-0.25, -0.2) is 0 Å². The lowest BCUT2D eigenvalue weighted by Crippen LogP contribution is -2.34. The highest BCUT2D eigenvalue weighted by molar-refractivity contribution is 5.29. The van der Waals surface area contributed by atoms with Crippen molar-refractivity contribution in [1.29, 1.82) is 0 Å². The summed E-state index contributed by atoms with van der Waals surface area (Å²) in [5.41, 5.74) is 7.60. The Balaban J connectivity index is 1.94. The maximum Gasteiger partial charge on any atom is 0.119 e. The molecular weight excluding hydrogens is 234 g/mol. The van der Waals surface area contributed by atoms with Crippen LogP contribution >= 0.6 is 0 Å². The van der Waals surface area contributed by atoms with Crippen molar-refractivity contribution in [3.63, 3.8) is 0 Å². The molecule has 1 aliphatic carbocycles. The van der Waals surface area contributed by atoms with E-state index in [1.165, 1.54) is 31.2 Å². The van der Waals surface area contributed by atoms with Crippen LogP contribution in [-0.4, -0.2) is 12.6 Å². The molecule has 2 N–H and O–H groups in total. The van der Waals surface area contributed by atoms with Gasteiger partial charge < -0.3 is 10.5 Å². The van der Waals surface area contributed by atoms with E-state index in [0.717, 1.165) is 18.8 Å². The van der Waals surface area contributed by atoms with Gasteiger partial charge in [-0.1, -0.05) is 38.8 Å². The van der Waals surface area contributed by atoms with E-state index >= 15 is 0 Å². The van der Waals surface area contributed by atoms with Gasteiger partial charge in [-0.2, -0.15) is 0 Å². The summed E-state index contributed by atoms with van der Waals surface area (Å²) in [6.07, 6.45) is 6.20. The van der Waals surface area contributed by atoms with Crippen molar-refractivity contribution >= 4 is 0 Å². The Hall–Kier alpha value is -1.02. The van der Waals surface area contributed by atoms with Gasteiger partial charge in [0.1, 0.15) is 5.75 Å². The van der Waals surface area contributed by atoms with Crippen molar-refractivity contribution in [2.24, 2.45) is 17.6 Å². The Labute approximate surface area is 117 Å². The standard InChI is InChI=1S/C17H27NO/c1-13(2)12-19-16-8-5-6-14(11-16)10-15-7-3-4-9-17(15)18/h5-6,8,11,13,15,17H,3-4,7,9-10,12,18H2,1-2H3. The zero-order valence-corrected chi connectivity index (χ0v) is 12.3. The minimum absolute atomic E-state index is 0.383. The Kier molecular flexibility index (Phi) is 5.26. The van der Waals surface area contributed by atoms with Gasteiger partial charge in [0.15, 0.2) is 0 Å². The first kappa shape index (κ1) is 14.4. The van der Waals surface area contributed by atoms with Gasteiger partial charge in [0, 0.05) is 6.04 Å². The van der Waals surface area contributed by atoms with Crippen molar-refractivity contribution in [2.75, 3.05) is 6.61 Å². The van der Waals surface area contributed by atoms with Crippen LogP contribution in [0.1, 0.15) is 45.1 Å². The second-order valence-electron chi connectivity index (χ2n) is 6.26. The molecule has 0 spiro atoms. The van der Waals surface area contributed by atoms with E-state index in [0.29, 0.717) is 17.9 Å². The summed E-state index contributed by atoms with van der Waals surface area (Å²) in [4.78, 5) is 0. The van der Waals surface area contributed by atoms with Crippen LogP contribution in [0.3, 0.4) is 0 Å². The molecule has 2 unspecified atom stereocenters. The fraction of sp³-hybridized carbons (Fsp3) is 0.647. The van der Waals surface area contributed by atoms with Crippen LogP contribution in [0, 0.1) is 11.8 Å². The second-order valence-corrected chi connectivity index (χ2v) is 6.26. The molecule has 0 aliphatic heterocycles. The first-order valence-electron chi connectivity index (χ1n) is 7.62. The van der Waals surface area contributed by atoms with Gasteiger partial charge in [0.05, 0.1) is 6.61 Å². The number of hydrogen-bond acceptors (Lipinski definition) is 2. The fourth-order valence-electron chi connectivity index (χ4n) is 2.82. The number of benzene rings is 1. The van der Waals surface area contributed by atoms with Crippen LogP contribution in [0.25, 0.3) is 0 Å². The van der Waals surface area contributed by atoms with E-state index in [2.05, 4.69) is 32.0 Å². The molecule has 0 bridgehead atoms. The van der Waals surface area contributed by atoms with Gasteiger partial charge >= 0.3 is 0 Å². The van der Waals surface area contributed by atoms with E-state index in [1.807, 2.05) is 6.07 Å². The summed E-state index contributed by atoms with van der Waals surface area (Å²) in [6, 6.07) is 8.91. The predicted molar refractivity (Wildman–Crippen MR) is 80.4 cm³/mol. The average molecular weight is 261 g/mol. The fourth-order valence-corrected chi connectivity index (χ4v) is 2.82. The van der Waals surface area contributed by atoms with E-state index in [9.17, 15) is 0 Å². The SMILES string of the molecule is CC(C)COc1cccc(CC2CCCCC2N)c1. The molecule has 1 saturated carbocycles. The van der Waals surface area contributed by atoms with E-state index in [-0.39, 0.29) is 0 Å². The molecular formula is C17H27NO. The summed E-state index contributed by atoms with van der Waals surface area (Å²) >= 11 is 0. The summed E-state index contributed by atoms with van der Waals surface area (Å²) in [5, 5.41) is 0. The average Bonchev–Trinajstić information content (AvgIpc) is 2.40. The lowest BCUT2D eigenvalue weighted by Gasteiger charge is -2.28. The van der Waals surface area contributed by atoms with Gasteiger partial charge in [0.2, 0.25) is 0 Å². The van der Waals surface area contributed by atoms with Crippen LogP contribution in [0.2, 0.25) is 0 Å². The highest BCUT2D eigenvalue weighted by Crippen LogP contribution is 2.27. The van der Waals surface area contributed by atoms with Crippen molar-refractivity contribution in [1.82, 2.24) is 0 Å². The van der Waals surface area contributed by atoms with Gasteiger partial charge in [-0.15, -0.1) is 0 Å². The topological polar surface area (TPSA) is 35.2 Å². The van der Waals surface area contributed by atoms with Crippen molar-refractivity contribution < 1.29 is 4.74 Å². The number of rotatable bonds is 5. The zero-order valence-electron chi connectivity index (χ0n) is 12.3. The van der Waals surface area contributed by atoms with Crippen molar-refractivity contribution in [2.45, 2.75) is 52.0 Å². The molecule has 1 fully saturated rings. The molecule has 0 heterocycles. The maximum absolute atomic E-state index is 6.23. The van der Waals surface area contributed by atoms with Crippen molar-refractivity contribution in [3.05, 3.63) is 29.8 Å². The third kappa shape index (κ3) is 4.54. The molecule has 0 saturated heterocycles. The first-order chi connectivity index (χ1) is 9.15. The highest BCUT2D eigenvalue weighted by Gasteiger charge is 2.21. The van der Waals surface area contributed by atoms with E-state index < -0.39 is 0 Å². The van der Waals surface area contributed by atoms with Crippen LogP contribution in [0.5, 0.6) is 5.75 Å². The molecule has 0 radical (unpaired) electrons. The quantitative estimate of drug-likeness (QED) is 0.875. The smallest absolute Gasteiger partial charge is 0.119 e. The Morgan fingerprint density at radius 2 is 2.05 bits per heavy atom. The van der Waals surface area contributed by atoms with Crippen LogP contribution in [-0.2, 0) is 6.42 Å². The number of ether oxygens (including phenoxy) is 1. The van der Waals surface area contributed by atoms with E-state index in [4.69, 9.17) is 10.5 Å². The maximum atomic E-state index is 6.23. The van der Waals surface area contributed by atoms with Gasteiger partial charge in [-0.3, -0.25) is 0 Å². The lowest BCUT2D eigenvalue weighted by atomic mass is 9.81. The minimum Gasteiger partial charge on any atom is -0.493 e. The summed E-state index contributed by atoms with van der Waals surface area (Å²) in [7, 11) is 0. The molecule has 19 heavy (non-hydrogen) atoms. The molecule has 1 aliphatic rings. The van der Waals surface area contributed by atoms with Gasteiger partial charge in [0.25, 0.3) is 0 Å². The Bertz CT molecular complexity index is 389. The van der Waals surface area contributed by atoms with Crippen LogP contribution in [0.15, 0.2) is 24.3 Å². The lowest BCUT2D eigenvalue weighted by molar-refractivity contribution is 0.270. The van der Waals surface area contributed by atoms with Gasteiger partial charge in [-0.05, 0) is 48.8 Å². The number of nitrogens with two attached hydrogens (primary N) is 1. The highest BCUT2D eigenvalue weighted by atomic mass is 16.5. The molecule has 2 heteroatoms. The molecule has 0 aromatic heterocycles. The molecule has 1 aromatic carbocycles. The molecule has 2 rings (SSSR count). The molecule has 2 atom stereocenters. The van der Waals surface area contributed by atoms with Crippen molar-refractivity contribution in [3.8, 4) is 5.75 Å². The third-order valence-corrected chi connectivity index (χ3v) is 3.95. The predicted octanol–water partition coefficient (Wildman–Crippen LogP) is 3.78. The summed E-state index contributed by atoms with van der Waals surface area (Å²) < 4.78 is 5.79. The molecule has 2 nitrogen and oxygen atoms in total. The largest absolute Gasteiger partial charge is 0.493 e. The zero-order chi connectivity index (χ0) is 13.7. The number of hydrogen-bond donors (Lipinski definition) is 1. The Morgan fingerprint density at radius 1 is 1.26 bits per heavy atom. The second kappa shape index (κ2) is 6.95. The molecule has 1 aromatic rings. The van der Waals surface area contributed by atoms with Crippen LogP contribution < -0.4 is 10.5 Å². The molecule has 106 valence electrons. The minimum atomic E-state index is 0.383. The first-order valence-corrected chi connectivity index (χ1v) is 7.62. The Morgan fingerprint density at radius 3 is 2.79 bits per heavy atom. The third-order valence-electron chi connectivity index (χ3n) is 3.95. The normalized spacial score (nSPS) is 23.6. The summed E-state index contributed by atoms with van der Waals surface area (Å²) in [5.74, 6) is 2.21. The molecule has 0 amide bonds. The van der Waals surface area contributed by atoms with Crippen LogP contribution in [0.4, 0.5) is 0 Å². The summed E-state index contributed by atoms with van der Waals surface area (Å²) in [6.45, 7) is 5.13.